The number of benzene rings is 1. The number of thiol groups is 1. The van der Waals surface area contributed by atoms with Crippen molar-refractivity contribution in [1.82, 2.24) is 5.32 Å². The molecular formula is C12H11BrN2O3S. The number of hydrogen-bond acceptors (Lipinski definition) is 5. The normalized spacial score (nSPS) is 10.5. The maximum absolute atomic E-state index is 11.9. The average Bonchev–Trinajstić information content (AvgIpc) is 2.75. The molecule has 100 valence electrons. The number of carbonyl (C=O) groups is 2. The molecule has 0 spiro atoms. The summed E-state index contributed by atoms with van der Waals surface area (Å²) in [7, 11) is 1.50. The smallest absolute Gasteiger partial charge is 0.255 e. The Bertz CT molecular complexity index is 681. The standard InChI is InChI=1S/C12H11BrN2O3S/c1-5(16)11-10(12(17)14-2)6-3-7(13)8(15-19)4-9(6)18-11/h3-4,15,19H,1-2H3,(H,14,17). The van der Waals surface area contributed by atoms with Gasteiger partial charge in [-0.05, 0) is 22.0 Å². The van der Waals surface area contributed by atoms with Crippen LogP contribution in [0.1, 0.15) is 27.8 Å². The quantitative estimate of drug-likeness (QED) is 0.592. The van der Waals surface area contributed by atoms with Gasteiger partial charge < -0.3 is 14.5 Å². The lowest BCUT2D eigenvalue weighted by Gasteiger charge is -2.02. The number of fused-ring (bicyclic) bond motifs is 1. The first kappa shape index (κ1) is 14.0. The fourth-order valence-electron chi connectivity index (χ4n) is 1.80. The Morgan fingerprint density at radius 2 is 2.05 bits per heavy atom. The van der Waals surface area contributed by atoms with Crippen molar-refractivity contribution >= 4 is 57.1 Å². The number of furan rings is 1. The number of ketones is 1. The Hall–Kier alpha value is -1.47. The molecule has 7 heteroatoms. The highest BCUT2D eigenvalue weighted by Gasteiger charge is 2.23. The van der Waals surface area contributed by atoms with Gasteiger partial charge >= 0.3 is 0 Å². The van der Waals surface area contributed by atoms with Crippen LogP contribution in [0.25, 0.3) is 11.0 Å². The van der Waals surface area contributed by atoms with Crippen molar-refractivity contribution in [3.63, 3.8) is 0 Å². The Morgan fingerprint density at radius 1 is 1.37 bits per heavy atom. The van der Waals surface area contributed by atoms with Crippen LogP contribution in [0, 0.1) is 0 Å². The monoisotopic (exact) mass is 342 g/mol. The first-order valence-electron chi connectivity index (χ1n) is 5.38. The second-order valence-electron chi connectivity index (χ2n) is 3.88. The van der Waals surface area contributed by atoms with Crippen molar-refractivity contribution in [2.24, 2.45) is 0 Å². The lowest BCUT2D eigenvalue weighted by molar-refractivity contribution is 0.0937. The SMILES string of the molecule is CNC(=O)c1c(C(C)=O)oc2cc(NS)c(Br)cc12. The fraction of sp³-hybridized carbons (Fsp3) is 0.167. The summed E-state index contributed by atoms with van der Waals surface area (Å²) in [5.74, 6) is -0.605. The van der Waals surface area contributed by atoms with E-state index in [1.165, 1.54) is 14.0 Å². The van der Waals surface area contributed by atoms with E-state index in [2.05, 4.69) is 38.8 Å². The molecule has 1 aromatic carbocycles. The van der Waals surface area contributed by atoms with Crippen LogP contribution >= 0.6 is 28.7 Å². The third-order valence-electron chi connectivity index (χ3n) is 2.67. The molecule has 0 unspecified atom stereocenters. The Kier molecular flexibility index (Phi) is 3.86. The van der Waals surface area contributed by atoms with Crippen LogP contribution in [0.2, 0.25) is 0 Å². The molecule has 0 aliphatic rings. The molecule has 2 N–H and O–H groups in total. The Morgan fingerprint density at radius 3 is 2.58 bits per heavy atom. The molecule has 0 saturated heterocycles. The van der Waals surface area contributed by atoms with Gasteiger partial charge in [0.15, 0.2) is 11.5 Å². The highest BCUT2D eigenvalue weighted by molar-refractivity contribution is 9.10. The van der Waals surface area contributed by atoms with E-state index in [1.807, 2.05) is 0 Å². The zero-order valence-electron chi connectivity index (χ0n) is 10.2. The van der Waals surface area contributed by atoms with Gasteiger partial charge in [-0.3, -0.25) is 9.59 Å². The number of amides is 1. The van der Waals surface area contributed by atoms with Crippen LogP contribution < -0.4 is 10.0 Å². The second kappa shape index (κ2) is 5.26. The maximum atomic E-state index is 11.9. The highest BCUT2D eigenvalue weighted by Crippen LogP contribution is 2.34. The zero-order chi connectivity index (χ0) is 14.2. The maximum Gasteiger partial charge on any atom is 0.255 e. The molecule has 1 amide bonds. The van der Waals surface area contributed by atoms with Crippen LogP contribution in [0.4, 0.5) is 5.69 Å². The predicted octanol–water partition coefficient (Wildman–Crippen LogP) is 3.01. The van der Waals surface area contributed by atoms with Gasteiger partial charge in [-0.15, -0.1) is 0 Å². The predicted molar refractivity (Wildman–Crippen MR) is 79.9 cm³/mol. The van der Waals surface area contributed by atoms with E-state index >= 15 is 0 Å². The van der Waals surface area contributed by atoms with E-state index < -0.39 is 0 Å². The minimum Gasteiger partial charge on any atom is -0.452 e. The van der Waals surface area contributed by atoms with E-state index in [0.717, 1.165) is 4.47 Å². The summed E-state index contributed by atoms with van der Waals surface area (Å²) in [6.07, 6.45) is 0. The summed E-state index contributed by atoms with van der Waals surface area (Å²) in [5, 5.41) is 3.08. The fourth-order valence-corrected chi connectivity index (χ4v) is 2.58. The molecule has 0 bridgehead atoms. The van der Waals surface area contributed by atoms with E-state index in [0.29, 0.717) is 16.7 Å². The largest absolute Gasteiger partial charge is 0.452 e. The van der Waals surface area contributed by atoms with E-state index in [9.17, 15) is 9.59 Å². The minimum absolute atomic E-state index is 0.0533. The average molecular weight is 343 g/mol. The van der Waals surface area contributed by atoms with Gasteiger partial charge in [-0.25, -0.2) is 0 Å². The zero-order valence-corrected chi connectivity index (χ0v) is 12.7. The number of hydrogen-bond donors (Lipinski definition) is 3. The molecule has 19 heavy (non-hydrogen) atoms. The van der Waals surface area contributed by atoms with Gasteiger partial charge in [-0.1, -0.05) is 12.8 Å². The van der Waals surface area contributed by atoms with Crippen LogP contribution in [0.5, 0.6) is 0 Å². The first-order chi connectivity index (χ1) is 8.99. The summed E-state index contributed by atoms with van der Waals surface area (Å²) >= 11 is 7.33. The first-order valence-corrected chi connectivity index (χ1v) is 6.62. The molecule has 1 aromatic heterocycles. The van der Waals surface area contributed by atoms with Crippen LogP contribution in [0.15, 0.2) is 21.0 Å². The number of rotatable bonds is 3. The van der Waals surface area contributed by atoms with Crippen LogP contribution in [-0.4, -0.2) is 18.7 Å². The number of halogens is 1. The summed E-state index contributed by atoms with van der Waals surface area (Å²) in [5.41, 5.74) is 1.38. The van der Waals surface area contributed by atoms with Crippen molar-refractivity contribution in [2.45, 2.75) is 6.92 Å². The molecule has 0 radical (unpaired) electrons. The van der Waals surface area contributed by atoms with Crippen molar-refractivity contribution < 1.29 is 14.0 Å². The summed E-state index contributed by atoms with van der Waals surface area (Å²) in [6, 6.07) is 3.39. The molecule has 2 aromatic rings. The summed E-state index contributed by atoms with van der Waals surface area (Å²) in [4.78, 5) is 23.5. The molecule has 0 fully saturated rings. The topological polar surface area (TPSA) is 71.3 Å². The van der Waals surface area contributed by atoms with Gasteiger partial charge in [0.2, 0.25) is 0 Å². The van der Waals surface area contributed by atoms with Gasteiger partial charge in [0.05, 0.1) is 11.3 Å². The molecular weight excluding hydrogens is 332 g/mol. The van der Waals surface area contributed by atoms with Gasteiger partial charge in [-0.2, -0.15) is 0 Å². The number of nitrogens with one attached hydrogen (secondary N) is 2. The molecule has 0 saturated carbocycles. The number of carbonyl (C=O) groups excluding carboxylic acids is 2. The third kappa shape index (κ3) is 2.35. The van der Waals surface area contributed by atoms with Crippen LogP contribution in [0.3, 0.4) is 0 Å². The lowest BCUT2D eigenvalue weighted by atomic mass is 10.1. The molecule has 0 atom stereocenters. The molecule has 0 aliphatic heterocycles. The van der Waals surface area contributed by atoms with E-state index in [4.69, 9.17) is 4.42 Å². The highest BCUT2D eigenvalue weighted by atomic mass is 79.9. The van der Waals surface area contributed by atoms with Gasteiger partial charge in [0.25, 0.3) is 5.91 Å². The molecule has 2 rings (SSSR count). The second-order valence-corrected chi connectivity index (χ2v) is 4.96. The number of anilines is 1. The van der Waals surface area contributed by atoms with Crippen molar-refractivity contribution in [1.29, 1.82) is 0 Å². The molecule has 0 aliphatic carbocycles. The summed E-state index contributed by atoms with van der Waals surface area (Å²) < 4.78 is 8.89. The summed E-state index contributed by atoms with van der Waals surface area (Å²) in [6.45, 7) is 1.36. The van der Waals surface area contributed by atoms with Crippen LogP contribution in [-0.2, 0) is 0 Å². The van der Waals surface area contributed by atoms with Crippen molar-refractivity contribution in [2.75, 3.05) is 11.8 Å². The van der Waals surface area contributed by atoms with E-state index in [-0.39, 0.29) is 23.0 Å². The van der Waals surface area contributed by atoms with Crippen molar-refractivity contribution in [3.8, 4) is 0 Å². The Labute approximate surface area is 123 Å². The molecule has 1 heterocycles. The third-order valence-corrected chi connectivity index (χ3v) is 3.57. The lowest BCUT2D eigenvalue weighted by Crippen LogP contribution is -2.19. The Balaban J connectivity index is 2.82. The molecule has 5 nitrogen and oxygen atoms in total. The number of Topliss-reactive ketones (excluding diaryl/α,β-unsaturated/α-hetero) is 1. The van der Waals surface area contributed by atoms with Gasteiger partial charge in [0.1, 0.15) is 5.58 Å². The van der Waals surface area contributed by atoms with E-state index in [1.54, 1.807) is 12.1 Å². The minimum atomic E-state index is -0.359. The van der Waals surface area contributed by atoms with Gasteiger partial charge in [0, 0.05) is 29.9 Å². The van der Waals surface area contributed by atoms with Crippen molar-refractivity contribution in [3.05, 3.63) is 27.9 Å².